The van der Waals surface area contributed by atoms with E-state index < -0.39 is 0 Å². The minimum absolute atomic E-state index is 0.0803. The van der Waals surface area contributed by atoms with Crippen LogP contribution in [0.1, 0.15) is 58.9 Å². The summed E-state index contributed by atoms with van der Waals surface area (Å²) in [5.41, 5.74) is 0.412. The molecule has 5 heteroatoms. The summed E-state index contributed by atoms with van der Waals surface area (Å²) in [4.78, 5) is 26.3. The van der Waals surface area contributed by atoms with Gasteiger partial charge in [0.1, 0.15) is 0 Å². The third-order valence-electron chi connectivity index (χ3n) is 3.23. The Morgan fingerprint density at radius 1 is 1.37 bits per heavy atom. The van der Waals surface area contributed by atoms with Gasteiger partial charge >= 0.3 is 6.03 Å². The SMILES string of the molecule is CCCCN(C(=O)n1[nH]cc(C(C)C)c1=O)C(C)C. The molecule has 0 atom stereocenters. The number of nitrogens with one attached hydrogen (secondary N) is 1. The number of aromatic nitrogens is 2. The first kappa shape index (κ1) is 15.5. The fraction of sp³-hybridized carbons (Fsp3) is 0.714. The standard InChI is InChI=1S/C14H25N3O2/c1-6-7-8-16(11(4)5)14(19)17-13(18)12(9-15-17)10(2)3/h9-11,15H,6-8H2,1-5H3. The topological polar surface area (TPSA) is 58.1 Å². The van der Waals surface area contributed by atoms with Gasteiger partial charge in [0, 0.05) is 24.3 Å². The van der Waals surface area contributed by atoms with E-state index in [-0.39, 0.29) is 23.6 Å². The molecular formula is C14H25N3O2. The highest BCUT2D eigenvalue weighted by molar-refractivity contribution is 5.76. The smallest absolute Gasteiger partial charge is 0.320 e. The molecule has 19 heavy (non-hydrogen) atoms. The number of H-pyrrole nitrogens is 1. The Morgan fingerprint density at radius 2 is 2.00 bits per heavy atom. The van der Waals surface area contributed by atoms with E-state index in [0.717, 1.165) is 17.5 Å². The number of carbonyl (C=O) groups is 1. The number of hydrogen-bond acceptors (Lipinski definition) is 2. The Balaban J connectivity index is 3.00. The Bertz CT molecular complexity index is 471. The molecule has 0 radical (unpaired) electrons. The van der Waals surface area contributed by atoms with Gasteiger partial charge in [-0.2, -0.15) is 4.68 Å². The van der Waals surface area contributed by atoms with Crippen molar-refractivity contribution in [1.82, 2.24) is 14.7 Å². The molecule has 0 saturated carbocycles. The van der Waals surface area contributed by atoms with Crippen molar-refractivity contribution in [3.05, 3.63) is 22.1 Å². The van der Waals surface area contributed by atoms with E-state index in [1.165, 1.54) is 0 Å². The molecule has 1 rings (SSSR count). The average molecular weight is 267 g/mol. The zero-order chi connectivity index (χ0) is 14.6. The quantitative estimate of drug-likeness (QED) is 0.891. The van der Waals surface area contributed by atoms with E-state index in [4.69, 9.17) is 0 Å². The summed E-state index contributed by atoms with van der Waals surface area (Å²) in [5.74, 6) is 0.112. The van der Waals surface area contributed by atoms with Crippen LogP contribution in [0.3, 0.4) is 0 Å². The first-order valence-electron chi connectivity index (χ1n) is 7.01. The van der Waals surface area contributed by atoms with Gasteiger partial charge in [-0.25, -0.2) is 4.79 Å². The molecule has 0 saturated heterocycles. The molecule has 0 aromatic carbocycles. The third-order valence-corrected chi connectivity index (χ3v) is 3.23. The number of hydrogen-bond donors (Lipinski definition) is 1. The molecule has 1 amide bonds. The maximum absolute atomic E-state index is 12.4. The van der Waals surface area contributed by atoms with Gasteiger partial charge in [-0.1, -0.05) is 27.2 Å². The number of nitrogens with zero attached hydrogens (tertiary/aromatic N) is 2. The minimum atomic E-state index is -0.264. The molecule has 1 aromatic rings. The zero-order valence-corrected chi connectivity index (χ0v) is 12.6. The minimum Gasteiger partial charge on any atom is -0.320 e. The summed E-state index contributed by atoms with van der Waals surface area (Å²) >= 11 is 0. The van der Waals surface area contributed by atoms with Crippen molar-refractivity contribution < 1.29 is 4.79 Å². The number of carbonyl (C=O) groups excluding carboxylic acids is 1. The molecule has 5 nitrogen and oxygen atoms in total. The van der Waals surface area contributed by atoms with Crippen LogP contribution >= 0.6 is 0 Å². The van der Waals surface area contributed by atoms with E-state index >= 15 is 0 Å². The van der Waals surface area contributed by atoms with Crippen LogP contribution in [0.15, 0.2) is 11.0 Å². The molecule has 1 heterocycles. The highest BCUT2D eigenvalue weighted by atomic mass is 16.2. The van der Waals surface area contributed by atoms with Gasteiger partial charge in [0.15, 0.2) is 0 Å². The van der Waals surface area contributed by atoms with E-state index in [0.29, 0.717) is 12.1 Å². The van der Waals surface area contributed by atoms with Crippen LogP contribution < -0.4 is 5.56 Å². The number of amides is 1. The molecule has 0 fully saturated rings. The van der Waals surface area contributed by atoms with Crippen LogP contribution in [0.2, 0.25) is 0 Å². The Morgan fingerprint density at radius 3 is 2.42 bits per heavy atom. The summed E-state index contributed by atoms with van der Waals surface area (Å²) in [7, 11) is 0. The molecule has 0 aliphatic carbocycles. The van der Waals surface area contributed by atoms with Crippen LogP contribution in [-0.4, -0.2) is 33.3 Å². The van der Waals surface area contributed by atoms with Gasteiger partial charge in [-0.05, 0) is 26.2 Å². The molecule has 0 aliphatic heterocycles. The molecule has 1 aromatic heterocycles. The number of rotatable bonds is 5. The Hall–Kier alpha value is -1.52. The third kappa shape index (κ3) is 3.49. The normalized spacial score (nSPS) is 11.3. The van der Waals surface area contributed by atoms with Gasteiger partial charge in [0.05, 0.1) is 0 Å². The van der Waals surface area contributed by atoms with E-state index in [1.54, 1.807) is 11.1 Å². The number of aromatic amines is 1. The monoisotopic (exact) mass is 267 g/mol. The maximum atomic E-state index is 12.4. The second-order valence-electron chi connectivity index (χ2n) is 5.45. The largest absolute Gasteiger partial charge is 0.346 e. The first-order chi connectivity index (χ1) is 8.90. The van der Waals surface area contributed by atoms with E-state index in [1.807, 2.05) is 27.7 Å². The van der Waals surface area contributed by atoms with E-state index in [2.05, 4.69) is 12.0 Å². The molecule has 0 aliphatic rings. The number of unbranched alkanes of at least 4 members (excludes halogenated alkanes) is 1. The average Bonchev–Trinajstić information content (AvgIpc) is 2.71. The predicted octanol–water partition coefficient (Wildman–Crippen LogP) is 2.78. The second-order valence-corrected chi connectivity index (χ2v) is 5.45. The van der Waals surface area contributed by atoms with Crippen LogP contribution in [0.4, 0.5) is 4.79 Å². The van der Waals surface area contributed by atoms with Crippen molar-refractivity contribution in [2.24, 2.45) is 0 Å². The van der Waals surface area contributed by atoms with E-state index in [9.17, 15) is 9.59 Å². The molecule has 0 unspecified atom stereocenters. The van der Waals surface area contributed by atoms with Gasteiger partial charge in [0.2, 0.25) is 0 Å². The van der Waals surface area contributed by atoms with Gasteiger partial charge < -0.3 is 4.90 Å². The predicted molar refractivity (Wildman–Crippen MR) is 76.7 cm³/mol. The van der Waals surface area contributed by atoms with Crippen molar-refractivity contribution in [2.45, 2.75) is 59.4 Å². The zero-order valence-electron chi connectivity index (χ0n) is 12.6. The summed E-state index contributed by atoms with van der Waals surface area (Å²) in [6, 6.07) is -0.183. The maximum Gasteiger partial charge on any atom is 0.346 e. The summed E-state index contributed by atoms with van der Waals surface area (Å²) in [6.07, 6.45) is 3.59. The van der Waals surface area contributed by atoms with Gasteiger partial charge in [0.25, 0.3) is 5.56 Å². The lowest BCUT2D eigenvalue weighted by atomic mass is 10.1. The fourth-order valence-electron chi connectivity index (χ4n) is 1.97. The molecular weight excluding hydrogens is 242 g/mol. The van der Waals surface area contributed by atoms with Crippen molar-refractivity contribution in [3.63, 3.8) is 0 Å². The lowest BCUT2D eigenvalue weighted by Gasteiger charge is -2.26. The Labute approximate surface area is 114 Å². The summed E-state index contributed by atoms with van der Waals surface area (Å²) in [6.45, 7) is 10.6. The fourth-order valence-corrected chi connectivity index (χ4v) is 1.97. The highest BCUT2D eigenvalue weighted by Gasteiger charge is 2.22. The van der Waals surface area contributed by atoms with Gasteiger partial charge in [-0.3, -0.25) is 9.89 Å². The summed E-state index contributed by atoms with van der Waals surface area (Å²) in [5, 5.41) is 2.78. The second kappa shape index (κ2) is 6.59. The van der Waals surface area contributed by atoms with Crippen LogP contribution in [0, 0.1) is 0 Å². The lowest BCUT2D eigenvalue weighted by Crippen LogP contribution is -2.44. The van der Waals surface area contributed by atoms with Crippen molar-refractivity contribution in [1.29, 1.82) is 0 Å². The first-order valence-corrected chi connectivity index (χ1v) is 7.01. The van der Waals surface area contributed by atoms with Crippen molar-refractivity contribution in [2.75, 3.05) is 6.54 Å². The molecule has 1 N–H and O–H groups in total. The lowest BCUT2D eigenvalue weighted by molar-refractivity contribution is 0.179. The molecule has 0 spiro atoms. The van der Waals surface area contributed by atoms with Gasteiger partial charge in [-0.15, -0.1) is 0 Å². The van der Waals surface area contributed by atoms with Crippen LogP contribution in [0.5, 0.6) is 0 Å². The van der Waals surface area contributed by atoms with Crippen molar-refractivity contribution in [3.8, 4) is 0 Å². The summed E-state index contributed by atoms with van der Waals surface area (Å²) < 4.78 is 1.12. The highest BCUT2D eigenvalue weighted by Crippen LogP contribution is 2.09. The molecule has 0 bridgehead atoms. The van der Waals surface area contributed by atoms with Crippen molar-refractivity contribution >= 4 is 6.03 Å². The van der Waals surface area contributed by atoms with Crippen LogP contribution in [0.25, 0.3) is 0 Å². The van der Waals surface area contributed by atoms with Crippen LogP contribution in [-0.2, 0) is 0 Å². The Kier molecular flexibility index (Phi) is 5.39. The molecule has 108 valence electrons.